The molecule has 4 aliphatic rings. The number of amides is 1. The SMILES string of the molecule is CCN(CCCCNC(=O)CO/N=C1/C=C2CC[C@H]3[C@@H]4CC[C@H](O)[C@@]4(C)CC[C@@H]3[C@@]2(C)CC1)c1ccc2c(=O)[nH][nH]c(=O)c2c1. The van der Waals surface area contributed by atoms with Crippen molar-refractivity contribution in [3.05, 3.63) is 50.6 Å². The second kappa shape index (κ2) is 12.8. The minimum Gasteiger partial charge on any atom is -0.393 e. The predicted molar refractivity (Wildman–Crippen MR) is 176 cm³/mol. The molecule has 4 N–H and O–H groups in total. The molecule has 6 rings (SSSR count). The molecule has 4 aliphatic carbocycles. The Bertz CT molecular complexity index is 1590. The second-order valence-corrected chi connectivity index (χ2v) is 14.3. The smallest absolute Gasteiger partial charge is 0.270 e. The molecule has 0 spiro atoms. The van der Waals surface area contributed by atoms with Crippen LogP contribution in [0.5, 0.6) is 0 Å². The van der Waals surface area contributed by atoms with Gasteiger partial charge in [0.05, 0.1) is 22.6 Å². The van der Waals surface area contributed by atoms with E-state index in [9.17, 15) is 19.5 Å². The summed E-state index contributed by atoms with van der Waals surface area (Å²) in [6.45, 7) is 8.82. The number of oxime groups is 1. The van der Waals surface area contributed by atoms with Gasteiger partial charge in [0.2, 0.25) is 0 Å². The number of anilines is 1. The molecule has 0 bridgehead atoms. The van der Waals surface area contributed by atoms with Crippen LogP contribution in [0.25, 0.3) is 10.8 Å². The molecule has 10 heteroatoms. The number of nitrogens with zero attached hydrogens (tertiary/aromatic N) is 2. The molecule has 45 heavy (non-hydrogen) atoms. The van der Waals surface area contributed by atoms with Crippen LogP contribution in [0.2, 0.25) is 0 Å². The highest BCUT2D eigenvalue weighted by atomic mass is 16.6. The van der Waals surface area contributed by atoms with E-state index in [1.807, 2.05) is 13.0 Å². The first-order chi connectivity index (χ1) is 21.6. The second-order valence-electron chi connectivity index (χ2n) is 14.3. The summed E-state index contributed by atoms with van der Waals surface area (Å²) in [5, 5.41) is 23.5. The number of allylic oxidation sites excluding steroid dienone is 2. The Morgan fingerprint density at radius 3 is 2.64 bits per heavy atom. The Kier molecular flexibility index (Phi) is 8.96. The van der Waals surface area contributed by atoms with E-state index < -0.39 is 0 Å². The van der Waals surface area contributed by atoms with Crippen LogP contribution in [0.15, 0.2) is 44.6 Å². The van der Waals surface area contributed by atoms with E-state index >= 15 is 0 Å². The fourth-order valence-corrected chi connectivity index (χ4v) is 9.33. The fraction of sp³-hybridized carbons (Fsp3) is 0.657. The maximum Gasteiger partial charge on any atom is 0.270 e. The van der Waals surface area contributed by atoms with Crippen molar-refractivity contribution in [1.29, 1.82) is 0 Å². The number of carbonyl (C=O) groups is 1. The number of hydrogen-bond donors (Lipinski definition) is 4. The molecule has 1 amide bonds. The number of benzene rings is 1. The van der Waals surface area contributed by atoms with Gasteiger partial charge >= 0.3 is 0 Å². The minimum absolute atomic E-state index is 0.0942. The molecule has 3 fully saturated rings. The van der Waals surface area contributed by atoms with Crippen LogP contribution in [0.4, 0.5) is 5.69 Å². The number of H-pyrrole nitrogens is 2. The van der Waals surface area contributed by atoms with Crippen LogP contribution in [0, 0.1) is 28.6 Å². The van der Waals surface area contributed by atoms with Gasteiger partial charge in [-0.05, 0) is 124 Å². The normalized spacial score (nSPS) is 31.6. The Labute approximate surface area is 264 Å². The zero-order valence-corrected chi connectivity index (χ0v) is 27.0. The van der Waals surface area contributed by atoms with Crippen LogP contribution < -0.4 is 21.3 Å². The molecule has 1 aromatic carbocycles. The standard InChI is InChI=1S/C35H49N5O5/c1-4-40(24-8-10-25-27(20-24)33(44)38-37-32(25)43)18-6-5-17-36-31(42)21-45-39-23-13-15-34(2)22(19-23)7-9-26-28-11-12-30(41)35(28,3)16-14-29(26)34/h8,10,19-20,26,28-30,41H,4-7,9,11-18,21H2,1-3H3,(H,36,42)(H,37,43)(H,38,44)/b39-23+/t26-,28-,29-,30-,34-,35-/m0/s1. The number of unbranched alkanes of at least 4 members (excludes halogenated alkanes) is 1. The van der Waals surface area contributed by atoms with Crippen molar-refractivity contribution >= 4 is 28.1 Å². The molecule has 0 unspecified atom stereocenters. The molecule has 0 saturated heterocycles. The Balaban J connectivity index is 0.942. The molecule has 1 heterocycles. The third-order valence-corrected chi connectivity index (χ3v) is 12.0. The number of carbonyl (C=O) groups excluding carboxylic acids is 1. The van der Waals surface area contributed by atoms with Crippen LogP contribution in [0.3, 0.4) is 0 Å². The number of aliphatic hydroxyl groups is 1. The van der Waals surface area contributed by atoms with E-state index in [4.69, 9.17) is 4.84 Å². The first kappa shape index (κ1) is 31.6. The molecule has 10 nitrogen and oxygen atoms in total. The van der Waals surface area contributed by atoms with E-state index in [1.54, 1.807) is 12.1 Å². The Morgan fingerprint density at radius 2 is 1.84 bits per heavy atom. The monoisotopic (exact) mass is 619 g/mol. The van der Waals surface area contributed by atoms with Gasteiger partial charge in [-0.25, -0.2) is 0 Å². The lowest BCUT2D eigenvalue weighted by atomic mass is 9.47. The number of nitrogens with one attached hydrogen (secondary N) is 3. The summed E-state index contributed by atoms with van der Waals surface area (Å²) in [6, 6.07) is 5.31. The summed E-state index contributed by atoms with van der Waals surface area (Å²) in [6.07, 6.45) is 12.5. The molecule has 1 aromatic heterocycles. The number of rotatable bonds is 10. The molecular formula is C35H49N5O5. The molecule has 3 saturated carbocycles. The van der Waals surface area contributed by atoms with Gasteiger partial charge in [-0.15, -0.1) is 0 Å². The van der Waals surface area contributed by atoms with Gasteiger partial charge in [0.1, 0.15) is 0 Å². The molecule has 6 atom stereocenters. The molecular weight excluding hydrogens is 570 g/mol. The van der Waals surface area contributed by atoms with Gasteiger partial charge < -0.3 is 20.2 Å². The van der Waals surface area contributed by atoms with E-state index in [2.05, 4.69) is 45.5 Å². The lowest BCUT2D eigenvalue weighted by Gasteiger charge is -2.57. The number of hydrogen-bond acceptors (Lipinski definition) is 7. The minimum atomic E-state index is -0.318. The Morgan fingerprint density at radius 1 is 1.04 bits per heavy atom. The van der Waals surface area contributed by atoms with Crippen molar-refractivity contribution in [2.45, 2.75) is 91.1 Å². The summed E-state index contributed by atoms with van der Waals surface area (Å²) in [4.78, 5) is 44.2. The van der Waals surface area contributed by atoms with Crippen LogP contribution in [0.1, 0.15) is 85.0 Å². The topological polar surface area (TPSA) is 140 Å². The van der Waals surface area contributed by atoms with E-state index in [0.717, 1.165) is 69.4 Å². The quantitative estimate of drug-likeness (QED) is 0.226. The number of aromatic nitrogens is 2. The first-order valence-corrected chi connectivity index (χ1v) is 17.0. The third-order valence-electron chi connectivity index (χ3n) is 12.0. The Hall–Kier alpha value is -3.40. The van der Waals surface area contributed by atoms with Crippen molar-refractivity contribution < 1.29 is 14.7 Å². The number of aromatic amines is 2. The lowest BCUT2D eigenvalue weighted by molar-refractivity contribution is -0.125. The summed E-state index contributed by atoms with van der Waals surface area (Å²) < 4.78 is 0. The fourth-order valence-electron chi connectivity index (χ4n) is 9.33. The maximum absolute atomic E-state index is 12.4. The highest BCUT2D eigenvalue weighted by molar-refractivity contribution is 5.96. The van der Waals surface area contributed by atoms with Crippen molar-refractivity contribution in [3.8, 4) is 0 Å². The number of aliphatic hydroxyl groups excluding tert-OH is 1. The van der Waals surface area contributed by atoms with Crippen molar-refractivity contribution in [3.63, 3.8) is 0 Å². The molecule has 244 valence electrons. The zero-order valence-electron chi connectivity index (χ0n) is 27.0. The largest absolute Gasteiger partial charge is 0.393 e. The molecule has 0 radical (unpaired) electrons. The highest BCUT2D eigenvalue weighted by Crippen LogP contribution is 2.65. The average Bonchev–Trinajstić information content (AvgIpc) is 3.34. The molecule has 2 aromatic rings. The van der Waals surface area contributed by atoms with Crippen molar-refractivity contribution in [1.82, 2.24) is 15.5 Å². The van der Waals surface area contributed by atoms with E-state index in [1.165, 1.54) is 24.8 Å². The van der Waals surface area contributed by atoms with Gasteiger partial charge in [0, 0.05) is 25.3 Å². The highest BCUT2D eigenvalue weighted by Gasteiger charge is 2.58. The lowest BCUT2D eigenvalue weighted by Crippen LogP contribution is -2.51. The number of fused-ring (bicyclic) bond motifs is 6. The van der Waals surface area contributed by atoms with Crippen molar-refractivity contribution in [2.24, 2.45) is 33.7 Å². The van der Waals surface area contributed by atoms with E-state index in [0.29, 0.717) is 35.1 Å². The summed E-state index contributed by atoms with van der Waals surface area (Å²) in [7, 11) is 0. The van der Waals surface area contributed by atoms with Gasteiger partial charge in [-0.2, -0.15) is 0 Å². The third kappa shape index (κ3) is 5.98. The van der Waals surface area contributed by atoms with Gasteiger partial charge in [0.15, 0.2) is 6.61 Å². The van der Waals surface area contributed by atoms with Gasteiger partial charge in [-0.1, -0.05) is 24.6 Å². The van der Waals surface area contributed by atoms with Gasteiger partial charge in [0.25, 0.3) is 17.0 Å². The molecule has 0 aliphatic heterocycles. The van der Waals surface area contributed by atoms with Gasteiger partial charge in [-0.3, -0.25) is 24.6 Å². The van der Waals surface area contributed by atoms with Crippen molar-refractivity contribution in [2.75, 3.05) is 31.1 Å². The summed E-state index contributed by atoms with van der Waals surface area (Å²) >= 11 is 0. The zero-order chi connectivity index (χ0) is 31.8. The van der Waals surface area contributed by atoms with Crippen LogP contribution in [-0.2, 0) is 9.63 Å². The first-order valence-electron chi connectivity index (χ1n) is 17.0. The predicted octanol–water partition coefficient (Wildman–Crippen LogP) is 4.64. The summed E-state index contributed by atoms with van der Waals surface area (Å²) in [5.74, 6) is 1.87. The van der Waals surface area contributed by atoms with Crippen LogP contribution >= 0.6 is 0 Å². The van der Waals surface area contributed by atoms with Crippen LogP contribution in [-0.4, -0.2) is 59.3 Å². The average molecular weight is 620 g/mol. The summed E-state index contributed by atoms with van der Waals surface area (Å²) in [5.41, 5.74) is 2.99. The maximum atomic E-state index is 12.4. The van der Waals surface area contributed by atoms with E-state index in [-0.39, 0.29) is 40.6 Å².